The Labute approximate surface area is 90.3 Å². The molecule has 13 heavy (non-hydrogen) atoms. The molecule has 0 saturated carbocycles. The van der Waals surface area contributed by atoms with Crippen molar-refractivity contribution in [2.24, 2.45) is 0 Å². The third-order valence-corrected chi connectivity index (χ3v) is 2.11. The van der Waals surface area contributed by atoms with Crippen LogP contribution in [0, 0.1) is 0 Å². The van der Waals surface area contributed by atoms with E-state index in [1.54, 1.807) is 0 Å². The lowest BCUT2D eigenvalue weighted by Gasteiger charge is -2.01. The van der Waals surface area contributed by atoms with Crippen molar-refractivity contribution < 1.29 is 28.3 Å². The van der Waals surface area contributed by atoms with E-state index in [0.29, 0.717) is 0 Å². The maximum absolute atomic E-state index is 9.44. The number of aliphatic hydroxyl groups excluding tert-OH is 1. The van der Waals surface area contributed by atoms with Crippen LogP contribution in [0.1, 0.15) is 0 Å². The van der Waals surface area contributed by atoms with Crippen LogP contribution in [0.4, 0.5) is 0 Å². The van der Waals surface area contributed by atoms with E-state index in [9.17, 15) is 9.13 Å². The highest BCUT2D eigenvalue weighted by atomic mass is 35.6. The zero-order valence-corrected chi connectivity index (χ0v) is 10.2. The van der Waals surface area contributed by atoms with Crippen LogP contribution in [-0.2, 0) is 13.4 Å². The second-order valence-corrected chi connectivity index (χ2v) is 5.80. The Kier molecular flexibility index (Phi) is 10.8. The Morgan fingerprint density at radius 2 is 1.38 bits per heavy atom. The van der Waals surface area contributed by atoms with Crippen molar-refractivity contribution in [2.75, 3.05) is 6.61 Å². The van der Waals surface area contributed by atoms with E-state index in [-0.39, 0.29) is 0 Å². The first-order valence-corrected chi connectivity index (χ1v) is 6.16. The number of aliphatic hydroxyl groups is 1. The average molecular weight is 295 g/mol. The van der Waals surface area contributed by atoms with Gasteiger partial charge in [0.2, 0.25) is 3.79 Å². The van der Waals surface area contributed by atoms with Gasteiger partial charge in [-0.2, -0.15) is 0 Å². The predicted molar refractivity (Wildman–Crippen MR) is 50.9 cm³/mol. The molecule has 0 fully saturated rings. The largest absolute Gasteiger partial charge is 0.392 e. The van der Waals surface area contributed by atoms with Crippen LogP contribution in [0.3, 0.4) is 0 Å². The van der Waals surface area contributed by atoms with Gasteiger partial charge >= 0.3 is 16.5 Å². The van der Waals surface area contributed by atoms with Crippen LogP contribution < -0.4 is 0 Å². The molecule has 0 bridgehead atoms. The summed E-state index contributed by atoms with van der Waals surface area (Å²) >= 11 is 15.0. The van der Waals surface area contributed by atoms with Crippen molar-refractivity contribution in [1.82, 2.24) is 0 Å². The lowest BCUT2D eigenvalue weighted by molar-refractivity contribution is 0.303. The van der Waals surface area contributed by atoms with Crippen LogP contribution in [0.5, 0.6) is 0 Å². The van der Waals surface area contributed by atoms with Gasteiger partial charge < -0.3 is 14.9 Å². The molecular formula is C2H7Cl3O6P2. The van der Waals surface area contributed by atoms with Gasteiger partial charge in [0.1, 0.15) is 0 Å². The van der Waals surface area contributed by atoms with Gasteiger partial charge in [0.15, 0.2) is 0 Å². The molecule has 0 radical (unpaired) electrons. The molecule has 0 aliphatic rings. The second-order valence-electron chi connectivity index (χ2n) is 1.41. The van der Waals surface area contributed by atoms with Crippen molar-refractivity contribution >= 4 is 51.3 Å². The lowest BCUT2D eigenvalue weighted by atomic mass is 10.9. The Morgan fingerprint density at radius 3 is 1.38 bits per heavy atom. The molecule has 0 aliphatic heterocycles. The second kappa shape index (κ2) is 8.48. The molecule has 0 aliphatic carbocycles. The minimum atomic E-state index is -3.20. The maximum Gasteiger partial charge on any atom is 0.323 e. The fourth-order valence-electron chi connectivity index (χ4n) is 0.0747. The molecule has 0 aromatic heterocycles. The molecule has 0 saturated heterocycles. The zero-order valence-electron chi connectivity index (χ0n) is 5.91. The summed E-state index contributed by atoms with van der Waals surface area (Å²) in [6.45, 7) is -0.433. The highest BCUT2D eigenvalue weighted by molar-refractivity contribution is 7.46. The zero-order chi connectivity index (χ0) is 11.1. The normalized spacial score (nSPS) is 15.5. The van der Waals surface area contributed by atoms with Gasteiger partial charge in [-0.3, -0.25) is 9.13 Å². The summed E-state index contributed by atoms with van der Waals surface area (Å²) in [5.74, 6) is 0. The van der Waals surface area contributed by atoms with Gasteiger partial charge in [-0.25, -0.2) is 4.31 Å². The molecule has 2 unspecified atom stereocenters. The summed E-state index contributed by atoms with van der Waals surface area (Å²) in [5, 5.41) is 8.01. The van der Waals surface area contributed by atoms with Crippen molar-refractivity contribution in [1.29, 1.82) is 0 Å². The summed E-state index contributed by atoms with van der Waals surface area (Å²) in [7, 11) is -6.40. The summed E-state index contributed by atoms with van der Waals surface area (Å²) in [5.41, 5.74) is 0. The SMILES string of the molecule is O=[PH](O)O[PH](=O)O.OCC(Cl)(Cl)Cl. The highest BCUT2D eigenvalue weighted by Crippen LogP contribution is 2.30. The minimum absolute atomic E-state index is 0.433. The molecule has 2 atom stereocenters. The monoisotopic (exact) mass is 294 g/mol. The van der Waals surface area contributed by atoms with E-state index in [4.69, 9.17) is 49.7 Å². The van der Waals surface area contributed by atoms with Crippen LogP contribution in [-0.4, -0.2) is 25.3 Å². The number of hydrogen-bond donors (Lipinski definition) is 3. The molecule has 82 valence electrons. The fraction of sp³-hybridized carbons (Fsp3) is 1.00. The molecule has 0 spiro atoms. The van der Waals surface area contributed by atoms with Gasteiger partial charge in [-0.1, -0.05) is 34.8 Å². The smallest absolute Gasteiger partial charge is 0.323 e. The van der Waals surface area contributed by atoms with E-state index in [2.05, 4.69) is 4.31 Å². The Morgan fingerprint density at radius 1 is 1.15 bits per heavy atom. The van der Waals surface area contributed by atoms with Crippen molar-refractivity contribution in [3.63, 3.8) is 0 Å². The molecule has 11 heteroatoms. The topological polar surface area (TPSA) is 104 Å². The third kappa shape index (κ3) is 24.6. The lowest BCUT2D eigenvalue weighted by Crippen LogP contribution is -2.06. The third-order valence-electron chi connectivity index (χ3n) is 0.354. The molecule has 3 N–H and O–H groups in total. The summed E-state index contributed by atoms with van der Waals surface area (Å²) < 4.78 is 20.8. The molecule has 0 amide bonds. The first-order valence-electron chi connectivity index (χ1n) is 2.50. The Hall–Kier alpha value is 1.17. The maximum atomic E-state index is 9.44. The summed E-state index contributed by atoms with van der Waals surface area (Å²) in [6, 6.07) is 0. The molecule has 0 aromatic rings. The quantitative estimate of drug-likeness (QED) is 0.521. The van der Waals surface area contributed by atoms with E-state index >= 15 is 0 Å². The first-order chi connectivity index (χ1) is 5.69. The number of rotatable bonds is 2. The van der Waals surface area contributed by atoms with E-state index in [1.807, 2.05) is 0 Å². The molecular weight excluding hydrogens is 288 g/mol. The van der Waals surface area contributed by atoms with Gasteiger partial charge in [-0.05, 0) is 0 Å². The van der Waals surface area contributed by atoms with Crippen molar-refractivity contribution in [3.8, 4) is 0 Å². The standard InChI is InChI=1S/C2H3Cl3O.H4O5P2/c3-2(4,5)1-6;1-6(2)5-7(3)4/h6H,1H2;6-7H,(H,1,2)(H,3,4). The number of alkyl halides is 3. The van der Waals surface area contributed by atoms with Crippen LogP contribution in [0.25, 0.3) is 0 Å². The molecule has 6 nitrogen and oxygen atoms in total. The molecule has 0 heterocycles. The number of hydrogen-bond acceptors (Lipinski definition) is 4. The Bertz CT molecular complexity index is 167. The summed E-state index contributed by atoms with van der Waals surface area (Å²) in [4.78, 5) is 15.4. The van der Waals surface area contributed by atoms with Gasteiger partial charge in [-0.15, -0.1) is 0 Å². The average Bonchev–Trinajstić information content (AvgIpc) is 1.84. The first kappa shape index (κ1) is 16.6. The van der Waals surface area contributed by atoms with Gasteiger partial charge in [0, 0.05) is 0 Å². The van der Waals surface area contributed by atoms with Crippen molar-refractivity contribution in [2.45, 2.75) is 3.79 Å². The van der Waals surface area contributed by atoms with E-state index < -0.39 is 26.9 Å². The highest BCUT2D eigenvalue weighted by Gasteiger charge is 2.16. The minimum Gasteiger partial charge on any atom is -0.392 e. The fourth-order valence-corrected chi connectivity index (χ4v) is 0.672. The van der Waals surface area contributed by atoms with E-state index in [0.717, 1.165) is 0 Å². The Balaban J connectivity index is 0. The van der Waals surface area contributed by atoms with Crippen LogP contribution in [0.15, 0.2) is 0 Å². The van der Waals surface area contributed by atoms with Crippen LogP contribution in [0.2, 0.25) is 0 Å². The van der Waals surface area contributed by atoms with Crippen molar-refractivity contribution in [3.05, 3.63) is 0 Å². The summed E-state index contributed by atoms with van der Waals surface area (Å²) in [6.07, 6.45) is 0. The van der Waals surface area contributed by atoms with Gasteiger partial charge in [0.25, 0.3) is 0 Å². The predicted octanol–water partition coefficient (Wildman–Crippen LogP) is 1.12. The van der Waals surface area contributed by atoms with Crippen LogP contribution >= 0.6 is 51.3 Å². The van der Waals surface area contributed by atoms with Gasteiger partial charge in [0.05, 0.1) is 6.61 Å². The molecule has 0 rings (SSSR count). The van der Waals surface area contributed by atoms with E-state index in [1.165, 1.54) is 0 Å². The number of halogens is 3. The molecule has 0 aromatic carbocycles.